The maximum absolute atomic E-state index is 13.1. The summed E-state index contributed by atoms with van der Waals surface area (Å²) >= 11 is 6.06. The Hall–Kier alpha value is -3.28. The Morgan fingerprint density at radius 2 is 1.73 bits per heavy atom. The van der Waals surface area contributed by atoms with E-state index in [4.69, 9.17) is 16.3 Å². The Morgan fingerprint density at radius 3 is 2.36 bits per heavy atom. The van der Waals surface area contributed by atoms with Gasteiger partial charge in [0.05, 0.1) is 22.7 Å². The minimum absolute atomic E-state index is 0.0528. The molecule has 3 aromatic rings. The lowest BCUT2D eigenvalue weighted by molar-refractivity contribution is -0.385. The molecule has 1 aliphatic rings. The molecule has 2 aromatic carbocycles. The first-order chi connectivity index (χ1) is 15.8. The van der Waals surface area contributed by atoms with Crippen molar-refractivity contribution in [1.29, 1.82) is 0 Å². The maximum Gasteiger partial charge on any atom is 0.270 e. The molecule has 0 amide bonds. The zero-order valence-electron chi connectivity index (χ0n) is 17.6. The van der Waals surface area contributed by atoms with E-state index in [1.807, 2.05) is 35.2 Å². The van der Waals surface area contributed by atoms with Gasteiger partial charge in [-0.15, -0.1) is 0 Å². The van der Waals surface area contributed by atoms with Crippen LogP contribution in [0.5, 0.6) is 5.75 Å². The van der Waals surface area contributed by atoms with Gasteiger partial charge < -0.3 is 9.64 Å². The molecule has 0 bridgehead atoms. The van der Waals surface area contributed by atoms with E-state index in [-0.39, 0.29) is 28.7 Å². The Morgan fingerprint density at radius 1 is 1.03 bits per heavy atom. The molecule has 1 fully saturated rings. The summed E-state index contributed by atoms with van der Waals surface area (Å²) < 4.78 is 32.6. The molecule has 172 valence electrons. The predicted octanol–water partition coefficient (Wildman–Crippen LogP) is 3.22. The highest BCUT2D eigenvalue weighted by Crippen LogP contribution is 2.30. The molecule has 0 spiro atoms. The Bertz CT molecular complexity index is 1280. The first-order valence-corrected chi connectivity index (χ1v) is 11.8. The second-order valence-electron chi connectivity index (χ2n) is 7.25. The quantitative estimate of drug-likeness (QED) is 0.382. The average molecular weight is 490 g/mol. The van der Waals surface area contributed by atoms with Crippen molar-refractivity contribution in [3.63, 3.8) is 0 Å². The normalized spacial score (nSPS) is 14.8. The third-order valence-electron chi connectivity index (χ3n) is 5.34. The molecule has 33 heavy (non-hydrogen) atoms. The van der Waals surface area contributed by atoms with Crippen molar-refractivity contribution in [2.75, 3.05) is 38.2 Å². The molecule has 12 heteroatoms. The van der Waals surface area contributed by atoms with Crippen molar-refractivity contribution < 1.29 is 18.1 Å². The maximum atomic E-state index is 13.1. The van der Waals surface area contributed by atoms with E-state index < -0.39 is 14.9 Å². The zero-order valence-corrected chi connectivity index (χ0v) is 19.2. The first kappa shape index (κ1) is 22.9. The zero-order chi connectivity index (χ0) is 23.6. The van der Waals surface area contributed by atoms with Crippen molar-refractivity contribution in [2.45, 2.75) is 4.90 Å². The fourth-order valence-corrected chi connectivity index (χ4v) is 5.46. The van der Waals surface area contributed by atoms with Gasteiger partial charge in [-0.25, -0.2) is 18.4 Å². The summed E-state index contributed by atoms with van der Waals surface area (Å²) in [5, 5.41) is 11.0. The predicted molar refractivity (Wildman–Crippen MR) is 123 cm³/mol. The van der Waals surface area contributed by atoms with Crippen molar-refractivity contribution in [3.8, 4) is 17.0 Å². The SMILES string of the molecule is COc1ccc(-c2cc(N3CCN(S(=O)(=O)c4cc([N+](=O)[O-])ccc4Cl)CC3)ncn2)cc1. The Kier molecular flexibility index (Phi) is 6.45. The monoisotopic (exact) mass is 489 g/mol. The number of ether oxygens (including phenoxy) is 1. The molecule has 1 aromatic heterocycles. The van der Waals surface area contributed by atoms with E-state index in [9.17, 15) is 18.5 Å². The number of non-ortho nitro benzene ring substituents is 1. The number of nitro groups is 1. The van der Waals surface area contributed by atoms with Gasteiger partial charge in [0.1, 0.15) is 22.8 Å². The number of halogens is 1. The highest BCUT2D eigenvalue weighted by Gasteiger charge is 2.31. The summed E-state index contributed by atoms with van der Waals surface area (Å²) in [6.07, 6.45) is 1.47. The van der Waals surface area contributed by atoms with E-state index in [1.165, 1.54) is 22.8 Å². The number of nitro benzene ring substituents is 1. The third-order valence-corrected chi connectivity index (χ3v) is 7.72. The van der Waals surface area contributed by atoms with Gasteiger partial charge >= 0.3 is 0 Å². The molecule has 1 saturated heterocycles. The lowest BCUT2D eigenvalue weighted by atomic mass is 10.1. The molecule has 2 heterocycles. The van der Waals surface area contributed by atoms with Crippen molar-refractivity contribution in [2.24, 2.45) is 0 Å². The summed E-state index contributed by atoms with van der Waals surface area (Å²) in [7, 11) is -2.38. The van der Waals surface area contributed by atoms with Gasteiger partial charge in [-0.1, -0.05) is 11.6 Å². The third kappa shape index (κ3) is 4.75. The average Bonchev–Trinajstić information content (AvgIpc) is 2.84. The highest BCUT2D eigenvalue weighted by atomic mass is 35.5. The molecule has 0 aliphatic carbocycles. The van der Waals surface area contributed by atoms with Gasteiger partial charge in [-0.2, -0.15) is 4.31 Å². The minimum Gasteiger partial charge on any atom is -0.497 e. The van der Waals surface area contributed by atoms with Crippen LogP contribution in [0.4, 0.5) is 11.5 Å². The second-order valence-corrected chi connectivity index (χ2v) is 9.57. The van der Waals surface area contributed by atoms with Crippen LogP contribution >= 0.6 is 11.6 Å². The second kappa shape index (κ2) is 9.30. The number of hydrogen-bond acceptors (Lipinski definition) is 8. The number of anilines is 1. The van der Waals surface area contributed by atoms with Gasteiger partial charge in [0, 0.05) is 49.9 Å². The number of aromatic nitrogens is 2. The van der Waals surface area contributed by atoms with Gasteiger partial charge in [0.25, 0.3) is 5.69 Å². The van der Waals surface area contributed by atoms with E-state index in [1.54, 1.807) is 7.11 Å². The van der Waals surface area contributed by atoms with Crippen LogP contribution in [0.15, 0.2) is 59.8 Å². The van der Waals surface area contributed by atoms with Crippen LogP contribution in [0, 0.1) is 10.1 Å². The molecular formula is C21H20ClN5O5S. The van der Waals surface area contributed by atoms with Crippen LogP contribution in [0.2, 0.25) is 5.02 Å². The number of rotatable bonds is 6. The smallest absolute Gasteiger partial charge is 0.270 e. The van der Waals surface area contributed by atoms with E-state index >= 15 is 0 Å². The van der Waals surface area contributed by atoms with Crippen LogP contribution in [0.25, 0.3) is 11.3 Å². The number of piperazine rings is 1. The van der Waals surface area contributed by atoms with E-state index in [2.05, 4.69) is 9.97 Å². The topological polar surface area (TPSA) is 119 Å². The first-order valence-electron chi connectivity index (χ1n) is 9.95. The molecule has 0 N–H and O–H groups in total. The molecule has 10 nitrogen and oxygen atoms in total. The molecule has 0 atom stereocenters. The van der Waals surface area contributed by atoms with Crippen LogP contribution in [-0.2, 0) is 10.0 Å². The van der Waals surface area contributed by atoms with Crippen LogP contribution in [-0.4, -0.2) is 60.9 Å². The van der Waals surface area contributed by atoms with E-state index in [0.29, 0.717) is 18.9 Å². The Balaban J connectivity index is 1.50. The van der Waals surface area contributed by atoms with Gasteiger partial charge in [0.15, 0.2) is 0 Å². The lowest BCUT2D eigenvalue weighted by Gasteiger charge is -2.34. The molecule has 0 radical (unpaired) electrons. The number of hydrogen-bond donors (Lipinski definition) is 0. The van der Waals surface area contributed by atoms with Gasteiger partial charge in [-0.3, -0.25) is 10.1 Å². The number of sulfonamides is 1. The Labute approximate surface area is 195 Å². The molecular weight excluding hydrogens is 470 g/mol. The van der Waals surface area contributed by atoms with Gasteiger partial charge in [-0.05, 0) is 30.3 Å². The summed E-state index contributed by atoms with van der Waals surface area (Å²) in [6, 6.07) is 12.7. The van der Waals surface area contributed by atoms with Crippen molar-refractivity contribution in [3.05, 3.63) is 70.0 Å². The molecule has 0 saturated carbocycles. The number of benzene rings is 2. The summed E-state index contributed by atoms with van der Waals surface area (Å²) in [4.78, 5) is 20.8. The number of methoxy groups -OCH3 is 1. The standard InChI is InChI=1S/C21H20ClN5O5S/c1-32-17-5-2-15(3-6-17)19-13-21(24-14-23-19)25-8-10-26(11-9-25)33(30,31)20-12-16(27(28)29)4-7-18(20)22/h2-7,12-14H,8-11H2,1H3. The fraction of sp³-hybridized carbons (Fsp3) is 0.238. The van der Waals surface area contributed by atoms with Crippen LogP contribution in [0.3, 0.4) is 0 Å². The summed E-state index contributed by atoms with van der Waals surface area (Å²) in [5.74, 6) is 1.43. The van der Waals surface area contributed by atoms with Crippen LogP contribution in [0.1, 0.15) is 0 Å². The van der Waals surface area contributed by atoms with Gasteiger partial charge in [0.2, 0.25) is 10.0 Å². The van der Waals surface area contributed by atoms with E-state index in [0.717, 1.165) is 23.1 Å². The lowest BCUT2D eigenvalue weighted by Crippen LogP contribution is -2.49. The highest BCUT2D eigenvalue weighted by molar-refractivity contribution is 7.89. The largest absolute Gasteiger partial charge is 0.497 e. The van der Waals surface area contributed by atoms with Crippen molar-refractivity contribution >= 4 is 33.1 Å². The molecule has 0 unspecified atom stereocenters. The molecule has 4 rings (SSSR count). The number of nitrogens with zero attached hydrogens (tertiary/aromatic N) is 5. The van der Waals surface area contributed by atoms with Crippen molar-refractivity contribution in [1.82, 2.24) is 14.3 Å². The summed E-state index contributed by atoms with van der Waals surface area (Å²) in [6.45, 7) is 1.15. The van der Waals surface area contributed by atoms with Crippen LogP contribution < -0.4 is 9.64 Å². The summed E-state index contributed by atoms with van der Waals surface area (Å²) in [5.41, 5.74) is 1.31. The minimum atomic E-state index is -3.99. The molecule has 1 aliphatic heterocycles. The fourth-order valence-electron chi connectivity index (χ4n) is 3.54.